The fourth-order valence-electron chi connectivity index (χ4n) is 8.95. The Kier molecular flexibility index (Phi) is 23.0. The summed E-state index contributed by atoms with van der Waals surface area (Å²) >= 11 is 0. The Hall–Kier alpha value is -8.47. The van der Waals surface area contributed by atoms with Gasteiger partial charge in [0, 0.05) is 61.2 Å². The summed E-state index contributed by atoms with van der Waals surface area (Å²) in [6.45, 7) is 2.52. The Morgan fingerprint density at radius 1 is 0.713 bits per heavy atom. The first-order valence-corrected chi connectivity index (χ1v) is 25.9. The van der Waals surface area contributed by atoms with Crippen molar-refractivity contribution in [3.63, 3.8) is 0 Å². The smallest absolute Gasteiger partial charge is 0.328 e. The molecule has 18 N–H and O–H groups in total. The molecule has 10 atom stereocenters. The van der Waals surface area contributed by atoms with Crippen molar-refractivity contribution in [3.8, 4) is 5.75 Å². The van der Waals surface area contributed by atoms with Crippen molar-refractivity contribution in [3.05, 3.63) is 84.1 Å². The number of benzene rings is 2. The predicted molar refractivity (Wildman–Crippen MR) is 284 cm³/mol. The predicted octanol–water partition coefficient (Wildman–Crippen LogP) is -3.90. The number of aromatic hydroxyl groups is 1. The molecule has 0 radical (unpaired) electrons. The van der Waals surface area contributed by atoms with E-state index < -0.39 is 133 Å². The van der Waals surface area contributed by atoms with Gasteiger partial charge in [0.05, 0.1) is 31.7 Å². The fraction of sp³-hybridized carbons (Fsp3) is 0.481. The molecule has 0 aliphatic carbocycles. The minimum atomic E-state index is -1.85. The third kappa shape index (κ3) is 17.8. The standard InChI is InChI=1S/C52H71N13O15/c1-26(2)17-36(47(74)64-43(27(3)68)52(79)80)60-50(77)41-9-6-16-65(41)51(78)38(18-28-10-12-31(69)13-11-28)61-48(75)39(23-66)63-49(76)40(24-67)62-46(73)37(19-29-21-56-34-8-5-4-7-32(29)34)59-45(72)35(14-15-42(54)70)58-44(71)33(53)20-30-22-55-25-57-30/h4-5,7-8,10-13,21-22,25-27,33,35-41,43,56,66-69H,6,9,14-20,23-24,53H2,1-3H3,(H2,54,70)(H,55,57)(H,58,71)(H,59,72)(H,60,77)(H,61,75)(H,62,73)(H,63,76)(H,64,74)(H,79,80)/t27-,33+,35+,36+,37+,38+,39+,40+,41+,43+/m1/s1. The number of carbonyl (C=O) groups is 10. The second kappa shape index (κ2) is 29.5. The van der Waals surface area contributed by atoms with Gasteiger partial charge in [0.15, 0.2) is 6.04 Å². The van der Waals surface area contributed by atoms with Crippen LogP contribution in [-0.2, 0) is 67.2 Å². The third-order valence-corrected chi connectivity index (χ3v) is 13.2. The molecule has 1 saturated heterocycles. The maximum Gasteiger partial charge on any atom is 0.328 e. The van der Waals surface area contributed by atoms with Gasteiger partial charge in [0.2, 0.25) is 53.2 Å². The lowest BCUT2D eigenvalue weighted by Gasteiger charge is -2.31. The zero-order chi connectivity index (χ0) is 58.8. The van der Waals surface area contributed by atoms with Crippen LogP contribution in [0.4, 0.5) is 0 Å². The van der Waals surface area contributed by atoms with Crippen LogP contribution in [0, 0.1) is 5.92 Å². The van der Waals surface area contributed by atoms with Crippen LogP contribution in [0.3, 0.4) is 0 Å². The van der Waals surface area contributed by atoms with Crippen LogP contribution in [0.1, 0.15) is 69.7 Å². The van der Waals surface area contributed by atoms with Crippen LogP contribution >= 0.6 is 0 Å². The number of aliphatic hydroxyl groups is 3. The molecule has 1 aliphatic heterocycles. The van der Waals surface area contributed by atoms with Crippen molar-refractivity contribution in [1.82, 2.24) is 57.1 Å². The number of amides is 9. The van der Waals surface area contributed by atoms with E-state index in [1.54, 1.807) is 44.3 Å². The quantitative estimate of drug-likeness (QED) is 0.0237. The van der Waals surface area contributed by atoms with E-state index in [2.05, 4.69) is 52.2 Å². The van der Waals surface area contributed by atoms with Gasteiger partial charge in [0.1, 0.15) is 48.0 Å². The number of phenols is 1. The van der Waals surface area contributed by atoms with Crippen molar-refractivity contribution >= 4 is 70.0 Å². The number of para-hydroxylation sites is 1. The molecule has 3 heterocycles. The number of nitrogens with two attached hydrogens (primary N) is 2. The molecular weight excluding hydrogens is 1050 g/mol. The second-order valence-electron chi connectivity index (χ2n) is 19.9. The first kappa shape index (κ1) is 62.4. The third-order valence-electron chi connectivity index (χ3n) is 13.2. The highest BCUT2D eigenvalue weighted by Crippen LogP contribution is 2.23. The summed E-state index contributed by atoms with van der Waals surface area (Å²) < 4.78 is 0. The number of imidazole rings is 1. The highest BCUT2D eigenvalue weighted by atomic mass is 16.4. The van der Waals surface area contributed by atoms with E-state index in [9.17, 15) is 73.5 Å². The fourth-order valence-corrected chi connectivity index (χ4v) is 8.95. The van der Waals surface area contributed by atoms with Crippen molar-refractivity contribution in [2.45, 2.75) is 133 Å². The number of phenolic OH excluding ortho intramolecular Hbond substituents is 1. The highest BCUT2D eigenvalue weighted by molar-refractivity contribution is 5.99. The van der Waals surface area contributed by atoms with Crippen LogP contribution < -0.4 is 48.7 Å². The largest absolute Gasteiger partial charge is 0.508 e. The highest BCUT2D eigenvalue weighted by Gasteiger charge is 2.41. The summed E-state index contributed by atoms with van der Waals surface area (Å²) in [5, 5.41) is 68.2. The van der Waals surface area contributed by atoms with E-state index in [0.29, 0.717) is 34.1 Å². The molecule has 4 aromatic rings. The van der Waals surface area contributed by atoms with Gasteiger partial charge in [-0.2, -0.15) is 0 Å². The van der Waals surface area contributed by atoms with Gasteiger partial charge in [-0.3, -0.25) is 43.2 Å². The monoisotopic (exact) mass is 1120 g/mol. The summed E-state index contributed by atoms with van der Waals surface area (Å²) in [5.74, 6) is -10.2. The Bertz CT molecular complexity index is 2810. The van der Waals surface area contributed by atoms with Crippen molar-refractivity contribution < 1.29 is 73.5 Å². The molecule has 1 aliphatic rings. The lowest BCUT2D eigenvalue weighted by atomic mass is 10.0. The van der Waals surface area contributed by atoms with E-state index in [1.807, 2.05) is 0 Å². The number of carboxylic acid groups (broad SMARTS) is 1. The number of hydrogen-bond acceptors (Lipinski definition) is 16. The molecule has 0 saturated carbocycles. The molecule has 28 nitrogen and oxygen atoms in total. The zero-order valence-electron chi connectivity index (χ0n) is 44.3. The number of fused-ring (bicyclic) bond motifs is 1. The number of nitrogens with one attached hydrogen (secondary N) is 9. The number of likely N-dealkylation sites (tertiary alicyclic amines) is 1. The average Bonchev–Trinajstić information content (AvgIpc) is 4.23. The molecule has 28 heteroatoms. The van der Waals surface area contributed by atoms with Crippen LogP contribution in [0.5, 0.6) is 5.75 Å². The Morgan fingerprint density at radius 3 is 1.89 bits per heavy atom. The van der Waals surface area contributed by atoms with Crippen LogP contribution in [0.2, 0.25) is 0 Å². The number of aromatic nitrogens is 3. The van der Waals surface area contributed by atoms with Crippen LogP contribution in [-0.4, -0.2) is 185 Å². The topological polar surface area (TPSA) is 456 Å². The number of nitrogens with zero attached hydrogens (tertiary/aromatic N) is 2. The number of H-pyrrole nitrogens is 2. The first-order valence-electron chi connectivity index (χ1n) is 25.9. The van der Waals surface area contributed by atoms with Gasteiger partial charge in [-0.25, -0.2) is 9.78 Å². The molecule has 5 rings (SSSR count). The van der Waals surface area contributed by atoms with E-state index in [1.165, 1.54) is 48.6 Å². The molecule has 0 spiro atoms. The SMILES string of the molecule is CC(C)C[C@H](NC(=O)[C@@H]1CCCN1C(=O)[C@H](Cc1ccc(O)cc1)NC(=O)[C@H](CO)NC(=O)[C@H](CO)NC(=O)[C@H](Cc1c[nH]c2ccccc12)NC(=O)[C@H](CCC(N)=O)NC(=O)[C@@H](N)Cc1cnc[nH]1)C(=O)N[C@H](C(=O)O)[C@@H](C)O. The molecule has 434 valence electrons. The molecule has 9 amide bonds. The lowest BCUT2D eigenvalue weighted by Crippen LogP contribution is -2.62. The number of aromatic amines is 2. The van der Waals surface area contributed by atoms with E-state index >= 15 is 0 Å². The van der Waals surface area contributed by atoms with Gasteiger partial charge < -0.3 is 89.1 Å². The molecule has 1 fully saturated rings. The van der Waals surface area contributed by atoms with Gasteiger partial charge in [0.25, 0.3) is 0 Å². The van der Waals surface area contributed by atoms with E-state index in [4.69, 9.17) is 11.5 Å². The summed E-state index contributed by atoms with van der Waals surface area (Å²) in [7, 11) is 0. The Labute approximate surface area is 459 Å². The normalized spacial score (nSPS) is 16.6. The van der Waals surface area contributed by atoms with Crippen LogP contribution in [0.25, 0.3) is 10.9 Å². The minimum absolute atomic E-state index is 0.000101. The Morgan fingerprint density at radius 2 is 1.30 bits per heavy atom. The van der Waals surface area contributed by atoms with Crippen molar-refractivity contribution in [1.29, 1.82) is 0 Å². The summed E-state index contributed by atoms with van der Waals surface area (Å²) in [4.78, 5) is 146. The Balaban J connectivity index is 1.34. The second-order valence-corrected chi connectivity index (χ2v) is 19.9. The maximum atomic E-state index is 14.5. The summed E-state index contributed by atoms with van der Waals surface area (Å²) in [6.07, 6.45) is 2.24. The van der Waals surface area contributed by atoms with Gasteiger partial charge in [-0.1, -0.05) is 44.2 Å². The molecular formula is C52H71N13O15. The molecule has 0 unspecified atom stereocenters. The number of carboxylic acids is 1. The van der Waals surface area contributed by atoms with E-state index in [-0.39, 0.29) is 63.2 Å². The number of aliphatic carboxylic acids is 1. The van der Waals surface area contributed by atoms with Crippen molar-refractivity contribution in [2.24, 2.45) is 17.4 Å². The summed E-state index contributed by atoms with van der Waals surface area (Å²) in [6, 6.07) is -0.958. The van der Waals surface area contributed by atoms with Gasteiger partial charge in [-0.15, -0.1) is 0 Å². The van der Waals surface area contributed by atoms with E-state index in [0.717, 1.165) is 0 Å². The number of primary amides is 1. The molecule has 80 heavy (non-hydrogen) atoms. The van der Waals surface area contributed by atoms with Gasteiger partial charge >= 0.3 is 5.97 Å². The lowest BCUT2D eigenvalue weighted by molar-refractivity contribution is -0.146. The summed E-state index contributed by atoms with van der Waals surface area (Å²) in [5.41, 5.74) is 13.6. The average molecular weight is 1120 g/mol. The van der Waals surface area contributed by atoms with Crippen LogP contribution in [0.15, 0.2) is 67.3 Å². The number of rotatable bonds is 30. The number of carbonyl (C=O) groups excluding carboxylic acids is 9. The zero-order valence-corrected chi connectivity index (χ0v) is 44.3. The number of hydrogen-bond donors (Lipinski definition) is 16. The molecule has 0 bridgehead atoms. The van der Waals surface area contributed by atoms with Crippen molar-refractivity contribution in [2.75, 3.05) is 19.8 Å². The maximum absolute atomic E-state index is 14.5. The number of aliphatic hydroxyl groups excluding tert-OH is 3. The minimum Gasteiger partial charge on any atom is -0.508 e. The molecule has 2 aromatic heterocycles. The first-order chi connectivity index (χ1) is 38.0. The van der Waals surface area contributed by atoms with Gasteiger partial charge in [-0.05, 0) is 67.9 Å². The molecule has 2 aromatic carbocycles.